The second kappa shape index (κ2) is 8.14. The number of aromatic nitrogens is 2. The first-order valence-corrected chi connectivity index (χ1v) is 10.5. The van der Waals surface area contributed by atoms with E-state index in [2.05, 4.69) is 15.6 Å². The predicted molar refractivity (Wildman–Crippen MR) is 121 cm³/mol. The van der Waals surface area contributed by atoms with Gasteiger partial charge in [0, 0.05) is 18.2 Å². The number of aryl methyl sites for hydroxylation is 1. The van der Waals surface area contributed by atoms with E-state index < -0.39 is 29.8 Å². The number of carbonyl (C=O) groups is 2. The highest BCUT2D eigenvalue weighted by Gasteiger charge is 2.32. The van der Waals surface area contributed by atoms with Crippen molar-refractivity contribution in [3.8, 4) is 0 Å². The molecule has 4 aromatic rings. The van der Waals surface area contributed by atoms with E-state index in [1.165, 1.54) is 18.3 Å². The summed E-state index contributed by atoms with van der Waals surface area (Å²) in [6, 6.07) is 14.4. The number of aliphatic hydroxyl groups excluding tert-OH is 1. The maximum Gasteiger partial charge on any atom is 0.274 e. The van der Waals surface area contributed by atoms with Crippen molar-refractivity contribution >= 4 is 23.1 Å². The zero-order valence-electron chi connectivity index (χ0n) is 17.7. The molecular weight excluding hydrogens is 423 g/mol. The highest BCUT2D eigenvalue weighted by molar-refractivity contribution is 6.04. The number of anilines is 1. The minimum Gasteiger partial charge on any atom is -0.390 e. The summed E-state index contributed by atoms with van der Waals surface area (Å²) in [6.45, 7) is 1.89. The Kier molecular flexibility index (Phi) is 5.14. The number of aliphatic hydroxyl groups is 1. The Morgan fingerprint density at radius 2 is 1.94 bits per heavy atom. The lowest BCUT2D eigenvalue weighted by Gasteiger charge is -2.18. The third kappa shape index (κ3) is 3.85. The molecule has 2 aromatic heterocycles. The number of nitrogens with zero attached hydrogens (tertiary/aromatic N) is 2. The minimum atomic E-state index is -0.746. The molecule has 0 spiro atoms. The lowest BCUT2D eigenvalue weighted by Crippen LogP contribution is -2.34. The van der Waals surface area contributed by atoms with Crippen molar-refractivity contribution in [3.05, 3.63) is 101 Å². The number of hydrogen-bond acceptors (Lipinski definition) is 4. The van der Waals surface area contributed by atoms with Crippen molar-refractivity contribution in [2.75, 3.05) is 5.32 Å². The molecule has 8 heteroatoms. The quantitative estimate of drug-likeness (QED) is 0.450. The van der Waals surface area contributed by atoms with Crippen molar-refractivity contribution in [2.45, 2.75) is 25.5 Å². The minimum absolute atomic E-state index is 0.123. The Morgan fingerprint density at radius 3 is 2.79 bits per heavy atom. The predicted octanol–water partition coefficient (Wildman–Crippen LogP) is 3.42. The van der Waals surface area contributed by atoms with Crippen molar-refractivity contribution in [1.82, 2.24) is 14.7 Å². The number of nitrogens with one attached hydrogen (secondary N) is 2. The third-order valence-corrected chi connectivity index (χ3v) is 5.85. The Labute approximate surface area is 188 Å². The Bertz CT molecular complexity index is 1400. The first-order chi connectivity index (χ1) is 15.9. The molecule has 0 fully saturated rings. The summed E-state index contributed by atoms with van der Waals surface area (Å²) in [5.74, 6) is -1.70. The number of halogens is 1. The topological polar surface area (TPSA) is 95.7 Å². The standard InChI is InChI=1S/C25H21FN4O3/c1-14-6-9-22-27-12-20(30(22)13-14)25(33)28-19-10-16(7-8-18(19)26)24(32)29-23-17-5-3-2-4-15(17)11-21(23)31/h2-10,12-13,21,23,31H,11H2,1H3,(H,28,33)(H,29,32)/t21-,23+/m1/s1. The number of amides is 2. The summed E-state index contributed by atoms with van der Waals surface area (Å²) in [4.78, 5) is 29.9. The lowest BCUT2D eigenvalue weighted by atomic mass is 10.1. The van der Waals surface area contributed by atoms with Crippen molar-refractivity contribution < 1.29 is 19.1 Å². The molecule has 2 aromatic carbocycles. The van der Waals surface area contributed by atoms with Gasteiger partial charge in [0.1, 0.15) is 17.2 Å². The zero-order valence-corrected chi connectivity index (χ0v) is 17.7. The molecule has 7 nitrogen and oxygen atoms in total. The highest BCUT2D eigenvalue weighted by atomic mass is 19.1. The summed E-state index contributed by atoms with van der Waals surface area (Å²) in [7, 11) is 0. The van der Waals surface area contributed by atoms with Gasteiger partial charge in [0.25, 0.3) is 11.8 Å². The van der Waals surface area contributed by atoms with Gasteiger partial charge in [-0.3, -0.25) is 14.0 Å². The van der Waals surface area contributed by atoms with Gasteiger partial charge in [-0.05, 0) is 47.9 Å². The van der Waals surface area contributed by atoms with E-state index in [9.17, 15) is 19.1 Å². The van der Waals surface area contributed by atoms with Crippen LogP contribution in [-0.4, -0.2) is 32.4 Å². The van der Waals surface area contributed by atoms with Crippen LogP contribution in [0.3, 0.4) is 0 Å². The second-order valence-corrected chi connectivity index (χ2v) is 8.15. The summed E-state index contributed by atoms with van der Waals surface area (Å²) >= 11 is 0. The number of fused-ring (bicyclic) bond motifs is 2. The second-order valence-electron chi connectivity index (χ2n) is 8.15. The van der Waals surface area contributed by atoms with Crippen LogP contribution in [0.5, 0.6) is 0 Å². The van der Waals surface area contributed by atoms with E-state index in [0.29, 0.717) is 12.1 Å². The Hall–Kier alpha value is -4.04. The van der Waals surface area contributed by atoms with Gasteiger partial charge in [-0.25, -0.2) is 9.37 Å². The van der Waals surface area contributed by atoms with Gasteiger partial charge >= 0.3 is 0 Å². The van der Waals surface area contributed by atoms with E-state index >= 15 is 0 Å². The molecular formula is C25H21FN4O3. The van der Waals surface area contributed by atoms with Gasteiger partial charge in [0.2, 0.25) is 0 Å². The molecule has 2 heterocycles. The van der Waals surface area contributed by atoms with Gasteiger partial charge < -0.3 is 15.7 Å². The lowest BCUT2D eigenvalue weighted by molar-refractivity contribution is 0.0857. The molecule has 33 heavy (non-hydrogen) atoms. The maximum atomic E-state index is 14.5. The maximum absolute atomic E-state index is 14.5. The molecule has 0 saturated heterocycles. The Balaban J connectivity index is 1.37. The molecule has 0 aliphatic heterocycles. The fraction of sp³-hybridized carbons (Fsp3) is 0.160. The molecule has 3 N–H and O–H groups in total. The number of benzene rings is 2. The highest BCUT2D eigenvalue weighted by Crippen LogP contribution is 2.31. The van der Waals surface area contributed by atoms with E-state index in [0.717, 1.165) is 22.8 Å². The van der Waals surface area contributed by atoms with Gasteiger partial charge in [0.15, 0.2) is 0 Å². The number of pyridine rings is 1. The van der Waals surface area contributed by atoms with Crippen LogP contribution in [0.2, 0.25) is 0 Å². The van der Waals surface area contributed by atoms with Crippen LogP contribution in [0.25, 0.3) is 5.65 Å². The first kappa shape index (κ1) is 20.8. The average Bonchev–Trinajstić information content (AvgIpc) is 3.35. The summed E-state index contributed by atoms with van der Waals surface area (Å²) in [5, 5.41) is 15.7. The van der Waals surface area contributed by atoms with Crippen molar-refractivity contribution in [3.63, 3.8) is 0 Å². The third-order valence-electron chi connectivity index (χ3n) is 5.85. The van der Waals surface area contributed by atoms with Gasteiger partial charge in [0.05, 0.1) is 24.0 Å². The molecule has 166 valence electrons. The Morgan fingerprint density at radius 1 is 1.12 bits per heavy atom. The van der Waals surface area contributed by atoms with Crippen LogP contribution < -0.4 is 10.6 Å². The molecule has 1 aliphatic rings. The molecule has 2 atom stereocenters. The normalized spacial score (nSPS) is 17.1. The number of hydrogen-bond donors (Lipinski definition) is 3. The van der Waals surface area contributed by atoms with Crippen LogP contribution in [0.15, 0.2) is 67.0 Å². The molecule has 1 aliphatic carbocycles. The van der Waals surface area contributed by atoms with E-state index in [1.807, 2.05) is 37.3 Å². The fourth-order valence-electron chi connectivity index (χ4n) is 4.18. The van der Waals surface area contributed by atoms with Gasteiger partial charge in [-0.15, -0.1) is 0 Å². The largest absolute Gasteiger partial charge is 0.390 e. The molecule has 0 saturated carbocycles. The fourth-order valence-corrected chi connectivity index (χ4v) is 4.18. The van der Waals surface area contributed by atoms with Crippen molar-refractivity contribution in [2.24, 2.45) is 0 Å². The smallest absolute Gasteiger partial charge is 0.274 e. The summed E-state index contributed by atoms with van der Waals surface area (Å²) in [6.07, 6.45) is 2.88. The van der Waals surface area contributed by atoms with Crippen LogP contribution >= 0.6 is 0 Å². The average molecular weight is 444 g/mol. The van der Waals surface area contributed by atoms with E-state index in [-0.39, 0.29) is 16.9 Å². The SMILES string of the molecule is Cc1ccc2ncc(C(=O)Nc3cc(C(=O)N[C@H]4c5ccccc5C[C@H]4O)ccc3F)n2c1. The van der Waals surface area contributed by atoms with Gasteiger partial charge in [-0.2, -0.15) is 0 Å². The van der Waals surface area contributed by atoms with Crippen LogP contribution in [0.1, 0.15) is 43.6 Å². The van der Waals surface area contributed by atoms with Crippen LogP contribution in [0.4, 0.5) is 10.1 Å². The van der Waals surface area contributed by atoms with E-state index in [4.69, 9.17) is 0 Å². The van der Waals surface area contributed by atoms with Crippen LogP contribution in [0, 0.1) is 12.7 Å². The molecule has 0 unspecified atom stereocenters. The zero-order chi connectivity index (χ0) is 23.1. The van der Waals surface area contributed by atoms with Crippen LogP contribution in [-0.2, 0) is 6.42 Å². The first-order valence-electron chi connectivity index (χ1n) is 10.5. The number of carbonyl (C=O) groups excluding carboxylic acids is 2. The monoisotopic (exact) mass is 444 g/mol. The van der Waals surface area contributed by atoms with Crippen molar-refractivity contribution in [1.29, 1.82) is 0 Å². The molecule has 5 rings (SSSR count). The molecule has 2 amide bonds. The molecule has 0 bridgehead atoms. The summed E-state index contributed by atoms with van der Waals surface area (Å²) in [5.41, 5.74) is 3.65. The number of rotatable bonds is 4. The van der Waals surface area contributed by atoms with E-state index in [1.54, 1.807) is 16.7 Å². The molecule has 0 radical (unpaired) electrons. The summed E-state index contributed by atoms with van der Waals surface area (Å²) < 4.78 is 16.1. The van der Waals surface area contributed by atoms with Gasteiger partial charge in [-0.1, -0.05) is 30.3 Å². The number of imidazole rings is 1.